The van der Waals surface area contributed by atoms with Gasteiger partial charge in [-0.1, -0.05) is 62.7 Å². The van der Waals surface area contributed by atoms with Gasteiger partial charge in [0.15, 0.2) is 0 Å². The molecule has 162 valence electrons. The van der Waals surface area contributed by atoms with Crippen LogP contribution < -0.4 is 5.32 Å². The van der Waals surface area contributed by atoms with E-state index >= 15 is 0 Å². The van der Waals surface area contributed by atoms with Gasteiger partial charge in [0.2, 0.25) is 5.91 Å². The topological polar surface area (TPSA) is 67.2 Å². The van der Waals surface area contributed by atoms with Crippen molar-refractivity contribution in [3.05, 3.63) is 76.9 Å². The van der Waals surface area contributed by atoms with Gasteiger partial charge >= 0.3 is 0 Å². The maximum Gasteiger partial charge on any atom is 0.254 e. The Labute approximate surface area is 187 Å². The minimum Gasteiger partial charge on any atom is -0.330 e. The second-order valence-corrected chi connectivity index (χ2v) is 8.67. The van der Waals surface area contributed by atoms with Crippen LogP contribution in [0.4, 0.5) is 5.82 Å². The number of nitrogens with zero attached hydrogens (tertiary/aromatic N) is 3. The molecule has 0 aliphatic carbocycles. The Bertz CT molecular complexity index is 1070. The van der Waals surface area contributed by atoms with Crippen molar-refractivity contribution in [2.24, 2.45) is 0 Å². The molecule has 0 fully saturated rings. The summed E-state index contributed by atoms with van der Waals surface area (Å²) in [5, 5.41) is 8.12. The van der Waals surface area contributed by atoms with E-state index in [9.17, 15) is 9.59 Å². The Morgan fingerprint density at radius 1 is 1.06 bits per heavy atom. The molecule has 0 saturated carbocycles. The smallest absolute Gasteiger partial charge is 0.254 e. The molecule has 6 nitrogen and oxygen atoms in total. The van der Waals surface area contributed by atoms with Gasteiger partial charge in [0.1, 0.15) is 12.4 Å². The molecule has 0 spiro atoms. The van der Waals surface area contributed by atoms with Crippen LogP contribution in [0.5, 0.6) is 0 Å². The van der Waals surface area contributed by atoms with E-state index in [-0.39, 0.29) is 23.8 Å². The molecule has 3 aromatic rings. The Morgan fingerprint density at radius 2 is 1.71 bits per heavy atom. The van der Waals surface area contributed by atoms with Crippen LogP contribution in [-0.4, -0.2) is 39.6 Å². The Hall–Kier alpha value is -3.12. The minimum atomic E-state index is -0.306. The van der Waals surface area contributed by atoms with Gasteiger partial charge < -0.3 is 10.2 Å². The number of hydrogen-bond acceptors (Lipinski definition) is 3. The average Bonchev–Trinajstić information content (AvgIpc) is 3.16. The summed E-state index contributed by atoms with van der Waals surface area (Å²) < 4.78 is 1.64. The molecule has 1 aromatic heterocycles. The highest BCUT2D eigenvalue weighted by Gasteiger charge is 2.23. The molecule has 0 radical (unpaired) electrons. The fourth-order valence-electron chi connectivity index (χ4n) is 3.09. The third kappa shape index (κ3) is 5.33. The first kappa shape index (κ1) is 22.6. The molecule has 1 N–H and O–H groups in total. The van der Waals surface area contributed by atoms with E-state index in [0.29, 0.717) is 28.6 Å². The van der Waals surface area contributed by atoms with Gasteiger partial charge in [-0.3, -0.25) is 9.59 Å². The van der Waals surface area contributed by atoms with Crippen molar-refractivity contribution in [1.29, 1.82) is 0 Å². The van der Waals surface area contributed by atoms with E-state index in [1.54, 1.807) is 35.0 Å². The van der Waals surface area contributed by atoms with Crippen molar-refractivity contribution in [3.8, 4) is 5.69 Å². The zero-order chi connectivity index (χ0) is 22.6. The summed E-state index contributed by atoms with van der Waals surface area (Å²) in [5.41, 5.74) is 1.82. The molecule has 1 heterocycles. The van der Waals surface area contributed by atoms with Crippen LogP contribution in [0, 0.1) is 0 Å². The van der Waals surface area contributed by atoms with E-state index in [0.717, 1.165) is 5.69 Å². The highest BCUT2D eigenvalue weighted by molar-refractivity contribution is 6.32. The predicted molar refractivity (Wildman–Crippen MR) is 124 cm³/mol. The first-order valence-electron chi connectivity index (χ1n) is 10.2. The lowest BCUT2D eigenvalue weighted by Crippen LogP contribution is -2.38. The van der Waals surface area contributed by atoms with Gasteiger partial charge in [0.05, 0.1) is 16.4 Å². The zero-order valence-corrected chi connectivity index (χ0v) is 19.0. The summed E-state index contributed by atoms with van der Waals surface area (Å²) in [7, 11) is 0. The standard InChI is InChI=1S/C24H27ClN4O2/c1-5-28(23(31)17-11-7-6-8-12-17)16-22(30)26-21-15-20(24(2,3)4)27-29(21)19-14-10-9-13-18(19)25/h6-15H,5,16H2,1-4H3,(H,26,30). The van der Waals surface area contributed by atoms with Gasteiger partial charge in [-0.15, -0.1) is 0 Å². The molecule has 3 rings (SSSR count). The summed E-state index contributed by atoms with van der Waals surface area (Å²) in [5.74, 6) is 0.0132. The third-order valence-electron chi connectivity index (χ3n) is 4.85. The van der Waals surface area contributed by atoms with E-state index in [4.69, 9.17) is 11.6 Å². The molecule has 0 unspecified atom stereocenters. The fourth-order valence-corrected chi connectivity index (χ4v) is 3.31. The maximum absolute atomic E-state index is 12.9. The van der Waals surface area contributed by atoms with Gasteiger partial charge in [-0.25, -0.2) is 4.68 Å². The molecule has 2 aromatic carbocycles. The Kier molecular flexibility index (Phi) is 6.81. The monoisotopic (exact) mass is 438 g/mol. The van der Waals surface area contributed by atoms with Crippen LogP contribution in [0.15, 0.2) is 60.7 Å². The number of benzene rings is 2. The van der Waals surface area contributed by atoms with E-state index in [1.807, 2.05) is 37.3 Å². The molecular weight excluding hydrogens is 412 g/mol. The Morgan fingerprint density at radius 3 is 2.32 bits per heavy atom. The number of halogens is 1. The van der Waals surface area contributed by atoms with Crippen LogP contribution in [0.25, 0.3) is 5.69 Å². The molecule has 0 bridgehead atoms. The normalized spacial score (nSPS) is 11.3. The molecule has 0 aliphatic heterocycles. The second kappa shape index (κ2) is 9.35. The summed E-state index contributed by atoms with van der Waals surface area (Å²) in [6, 6.07) is 18.1. The number of aromatic nitrogens is 2. The van der Waals surface area contributed by atoms with Crippen LogP contribution >= 0.6 is 11.6 Å². The Balaban J connectivity index is 1.85. The SMILES string of the molecule is CCN(CC(=O)Nc1cc(C(C)(C)C)nn1-c1ccccc1Cl)C(=O)c1ccccc1. The molecule has 0 saturated heterocycles. The number of carbonyl (C=O) groups is 2. The van der Waals surface area contributed by atoms with Crippen molar-refractivity contribution in [1.82, 2.24) is 14.7 Å². The average molecular weight is 439 g/mol. The molecule has 0 atom stereocenters. The number of anilines is 1. The summed E-state index contributed by atoms with van der Waals surface area (Å²) in [6.45, 7) is 8.35. The minimum absolute atomic E-state index is 0.0667. The first-order valence-corrected chi connectivity index (χ1v) is 10.6. The molecule has 7 heteroatoms. The van der Waals surface area contributed by atoms with Gasteiger partial charge in [0.25, 0.3) is 5.91 Å². The number of nitrogens with one attached hydrogen (secondary N) is 1. The van der Waals surface area contributed by atoms with Crippen molar-refractivity contribution in [2.75, 3.05) is 18.4 Å². The lowest BCUT2D eigenvalue weighted by molar-refractivity contribution is -0.116. The van der Waals surface area contributed by atoms with Crippen LogP contribution in [-0.2, 0) is 10.2 Å². The van der Waals surface area contributed by atoms with Crippen LogP contribution in [0.1, 0.15) is 43.7 Å². The quantitative estimate of drug-likeness (QED) is 0.593. The predicted octanol–water partition coefficient (Wildman–Crippen LogP) is 4.92. The molecular formula is C24H27ClN4O2. The highest BCUT2D eigenvalue weighted by Crippen LogP contribution is 2.29. The summed E-state index contributed by atoms with van der Waals surface area (Å²) >= 11 is 6.38. The molecule has 0 aliphatic rings. The van der Waals surface area contributed by atoms with Gasteiger partial charge in [-0.2, -0.15) is 5.10 Å². The number of likely N-dealkylation sites (N-methyl/N-ethyl adjacent to an activating group) is 1. The number of hydrogen-bond donors (Lipinski definition) is 1. The van der Waals surface area contributed by atoms with Gasteiger partial charge in [0, 0.05) is 23.6 Å². The number of rotatable bonds is 6. The maximum atomic E-state index is 12.9. The van der Waals surface area contributed by atoms with Crippen molar-refractivity contribution in [3.63, 3.8) is 0 Å². The van der Waals surface area contributed by atoms with Crippen molar-refractivity contribution >= 4 is 29.2 Å². The second-order valence-electron chi connectivity index (χ2n) is 8.26. The molecule has 31 heavy (non-hydrogen) atoms. The zero-order valence-electron chi connectivity index (χ0n) is 18.2. The lowest BCUT2D eigenvalue weighted by Gasteiger charge is -2.20. The first-order chi connectivity index (χ1) is 14.7. The molecule has 2 amide bonds. The highest BCUT2D eigenvalue weighted by atomic mass is 35.5. The summed E-state index contributed by atoms with van der Waals surface area (Å²) in [4.78, 5) is 27.1. The van der Waals surface area contributed by atoms with Crippen LogP contribution in [0.3, 0.4) is 0 Å². The van der Waals surface area contributed by atoms with Crippen molar-refractivity contribution < 1.29 is 9.59 Å². The van der Waals surface area contributed by atoms with E-state index < -0.39 is 0 Å². The van der Waals surface area contributed by atoms with E-state index in [1.165, 1.54) is 4.90 Å². The summed E-state index contributed by atoms with van der Waals surface area (Å²) in [6.07, 6.45) is 0. The third-order valence-corrected chi connectivity index (χ3v) is 5.17. The largest absolute Gasteiger partial charge is 0.330 e. The number of carbonyl (C=O) groups excluding carboxylic acids is 2. The lowest BCUT2D eigenvalue weighted by atomic mass is 9.92. The van der Waals surface area contributed by atoms with Crippen molar-refractivity contribution in [2.45, 2.75) is 33.1 Å². The van der Waals surface area contributed by atoms with E-state index in [2.05, 4.69) is 31.2 Å². The fraction of sp³-hybridized carbons (Fsp3) is 0.292. The number of para-hydroxylation sites is 1. The van der Waals surface area contributed by atoms with Crippen LogP contribution in [0.2, 0.25) is 5.02 Å². The number of amides is 2. The van der Waals surface area contributed by atoms with Gasteiger partial charge in [-0.05, 0) is 31.2 Å².